The molecule has 19 heavy (non-hydrogen) atoms. The molecule has 1 heterocycles. The van der Waals surface area contributed by atoms with E-state index in [-0.39, 0.29) is 17.5 Å². The molecule has 0 fully saturated rings. The molecule has 2 aromatic rings. The van der Waals surface area contributed by atoms with E-state index in [1.807, 2.05) is 0 Å². The van der Waals surface area contributed by atoms with Crippen molar-refractivity contribution in [1.29, 1.82) is 0 Å². The van der Waals surface area contributed by atoms with Crippen LogP contribution in [0.25, 0.3) is 0 Å². The maximum atomic E-state index is 11.1. The van der Waals surface area contributed by atoms with Gasteiger partial charge in [-0.3, -0.25) is 4.79 Å². The second kappa shape index (κ2) is 5.81. The fourth-order valence-corrected chi connectivity index (χ4v) is 1.42. The largest absolute Gasteiger partial charge is 0.493 e. The van der Waals surface area contributed by atoms with E-state index in [1.54, 1.807) is 36.7 Å². The van der Waals surface area contributed by atoms with Crippen LogP contribution < -0.4 is 14.2 Å². The van der Waals surface area contributed by atoms with Crippen molar-refractivity contribution in [2.24, 2.45) is 0 Å². The van der Waals surface area contributed by atoms with Crippen molar-refractivity contribution in [3.05, 3.63) is 36.7 Å². The Labute approximate surface area is 110 Å². The molecule has 0 saturated heterocycles. The van der Waals surface area contributed by atoms with E-state index >= 15 is 0 Å². The second-order valence-corrected chi connectivity index (χ2v) is 3.51. The Hall–Kier alpha value is -2.63. The number of benzene rings is 1. The second-order valence-electron chi connectivity index (χ2n) is 3.51. The summed E-state index contributed by atoms with van der Waals surface area (Å²) in [6, 6.07) is 6.78. The van der Waals surface area contributed by atoms with E-state index in [9.17, 15) is 4.79 Å². The first-order chi connectivity index (χ1) is 9.20. The van der Waals surface area contributed by atoms with E-state index in [4.69, 9.17) is 14.2 Å². The summed E-state index contributed by atoms with van der Waals surface area (Å²) < 4.78 is 15.7. The lowest BCUT2D eigenvalue weighted by atomic mass is 10.3. The molecular weight excluding hydrogens is 248 g/mol. The van der Waals surface area contributed by atoms with Gasteiger partial charge in [-0.25, -0.2) is 9.97 Å². The number of aromatic nitrogens is 2. The summed E-state index contributed by atoms with van der Waals surface area (Å²) in [5, 5.41) is 0. The summed E-state index contributed by atoms with van der Waals surface area (Å²) in [7, 11) is 1.49. The molecule has 0 spiro atoms. The third-order valence-electron chi connectivity index (χ3n) is 2.15. The Bertz CT molecular complexity index is 572. The molecule has 0 unspecified atom stereocenters. The molecular formula is C13H12N2O4. The van der Waals surface area contributed by atoms with Gasteiger partial charge in [0.25, 0.3) is 0 Å². The fourth-order valence-electron chi connectivity index (χ4n) is 1.42. The Morgan fingerprint density at radius 2 is 1.79 bits per heavy atom. The number of ether oxygens (including phenoxy) is 3. The predicted octanol–water partition coefficient (Wildman–Crippen LogP) is 2.20. The van der Waals surface area contributed by atoms with Crippen molar-refractivity contribution in [2.45, 2.75) is 6.92 Å². The lowest BCUT2D eigenvalue weighted by molar-refractivity contribution is -0.132. The molecule has 1 aromatic heterocycles. The van der Waals surface area contributed by atoms with E-state index in [0.29, 0.717) is 5.75 Å². The number of methoxy groups -OCH3 is 1. The highest BCUT2D eigenvalue weighted by atomic mass is 16.6. The maximum Gasteiger partial charge on any atom is 0.322 e. The summed E-state index contributed by atoms with van der Waals surface area (Å²) in [5.74, 6) is 0.476. The number of esters is 1. The van der Waals surface area contributed by atoms with Crippen molar-refractivity contribution < 1.29 is 19.0 Å². The van der Waals surface area contributed by atoms with E-state index in [0.717, 1.165) is 0 Å². The molecule has 0 saturated carbocycles. The van der Waals surface area contributed by atoms with Crippen LogP contribution in [0.5, 0.6) is 23.3 Å². The van der Waals surface area contributed by atoms with Crippen molar-refractivity contribution >= 4 is 5.97 Å². The first kappa shape index (κ1) is 12.8. The van der Waals surface area contributed by atoms with Crippen LogP contribution in [0.1, 0.15) is 6.92 Å². The number of rotatable bonds is 4. The van der Waals surface area contributed by atoms with Gasteiger partial charge in [0.15, 0.2) is 11.5 Å². The maximum absolute atomic E-state index is 11.1. The van der Waals surface area contributed by atoms with E-state index < -0.39 is 5.97 Å². The van der Waals surface area contributed by atoms with Gasteiger partial charge in [0, 0.05) is 19.3 Å². The zero-order chi connectivity index (χ0) is 13.7. The molecule has 0 atom stereocenters. The van der Waals surface area contributed by atoms with Crippen molar-refractivity contribution in [3.8, 4) is 23.3 Å². The highest BCUT2D eigenvalue weighted by Gasteiger charge is 2.15. The van der Waals surface area contributed by atoms with Crippen molar-refractivity contribution in [2.75, 3.05) is 7.11 Å². The monoisotopic (exact) mass is 260 g/mol. The Morgan fingerprint density at radius 3 is 2.42 bits per heavy atom. The number of para-hydroxylation sites is 1. The Kier molecular flexibility index (Phi) is 3.92. The molecule has 1 aromatic carbocycles. The molecule has 0 radical (unpaired) electrons. The molecule has 0 N–H and O–H groups in total. The normalized spacial score (nSPS) is 9.79. The van der Waals surface area contributed by atoms with Crippen LogP contribution >= 0.6 is 0 Å². The smallest absolute Gasteiger partial charge is 0.322 e. The molecule has 0 amide bonds. The summed E-state index contributed by atoms with van der Waals surface area (Å²) >= 11 is 0. The zero-order valence-corrected chi connectivity index (χ0v) is 10.5. The Morgan fingerprint density at radius 1 is 1.11 bits per heavy atom. The fraction of sp³-hybridized carbons (Fsp3) is 0.154. The van der Waals surface area contributed by atoms with Crippen LogP contribution in [-0.4, -0.2) is 23.0 Å². The van der Waals surface area contributed by atoms with Crippen LogP contribution in [0.2, 0.25) is 0 Å². The SMILES string of the molecule is COc1cccc(OC(C)=O)c1Oc1ncccn1. The summed E-state index contributed by atoms with van der Waals surface area (Å²) in [6.07, 6.45) is 3.09. The summed E-state index contributed by atoms with van der Waals surface area (Å²) in [4.78, 5) is 18.9. The minimum atomic E-state index is -0.452. The van der Waals surface area contributed by atoms with Gasteiger partial charge in [-0.05, 0) is 18.2 Å². The first-order valence-corrected chi connectivity index (χ1v) is 5.51. The standard InChI is InChI=1S/C13H12N2O4/c1-9(16)18-11-6-3-5-10(17-2)12(11)19-13-14-7-4-8-15-13/h3-8H,1-2H3. The van der Waals surface area contributed by atoms with Gasteiger partial charge in [0.2, 0.25) is 5.75 Å². The molecule has 0 bridgehead atoms. The number of hydrogen-bond donors (Lipinski definition) is 0. The molecule has 0 aliphatic heterocycles. The number of carbonyl (C=O) groups is 1. The molecule has 0 aliphatic rings. The predicted molar refractivity (Wildman–Crippen MR) is 66.4 cm³/mol. The van der Waals surface area contributed by atoms with E-state index in [2.05, 4.69) is 9.97 Å². The van der Waals surface area contributed by atoms with Crippen LogP contribution in [0.15, 0.2) is 36.7 Å². The number of hydrogen-bond acceptors (Lipinski definition) is 6. The van der Waals surface area contributed by atoms with Crippen molar-refractivity contribution in [1.82, 2.24) is 9.97 Å². The molecule has 6 heteroatoms. The quantitative estimate of drug-likeness (QED) is 0.620. The first-order valence-electron chi connectivity index (χ1n) is 5.51. The Balaban J connectivity index is 2.38. The molecule has 6 nitrogen and oxygen atoms in total. The zero-order valence-electron chi connectivity index (χ0n) is 10.5. The van der Waals surface area contributed by atoms with Gasteiger partial charge in [-0.2, -0.15) is 0 Å². The third kappa shape index (κ3) is 3.19. The lowest BCUT2D eigenvalue weighted by Crippen LogP contribution is -2.04. The molecule has 0 aliphatic carbocycles. The van der Waals surface area contributed by atoms with Gasteiger partial charge in [-0.1, -0.05) is 6.07 Å². The molecule has 2 rings (SSSR count). The van der Waals surface area contributed by atoms with Gasteiger partial charge in [0.05, 0.1) is 7.11 Å². The average Bonchev–Trinajstić information content (AvgIpc) is 2.41. The topological polar surface area (TPSA) is 70.5 Å². The number of carbonyl (C=O) groups excluding carboxylic acids is 1. The summed E-state index contributed by atoms with van der Waals surface area (Å²) in [5.41, 5.74) is 0. The minimum Gasteiger partial charge on any atom is -0.493 e. The third-order valence-corrected chi connectivity index (χ3v) is 2.15. The minimum absolute atomic E-state index is 0.139. The number of nitrogens with zero attached hydrogens (tertiary/aromatic N) is 2. The van der Waals surface area contributed by atoms with Crippen molar-refractivity contribution in [3.63, 3.8) is 0 Å². The van der Waals surface area contributed by atoms with Crippen LogP contribution in [0.4, 0.5) is 0 Å². The van der Waals surface area contributed by atoms with Crippen LogP contribution in [0, 0.1) is 0 Å². The van der Waals surface area contributed by atoms with Gasteiger partial charge >= 0.3 is 12.0 Å². The van der Waals surface area contributed by atoms with Gasteiger partial charge < -0.3 is 14.2 Å². The highest BCUT2D eigenvalue weighted by molar-refractivity contribution is 5.71. The van der Waals surface area contributed by atoms with Crippen LogP contribution in [0.3, 0.4) is 0 Å². The van der Waals surface area contributed by atoms with Gasteiger partial charge in [-0.15, -0.1) is 0 Å². The highest BCUT2D eigenvalue weighted by Crippen LogP contribution is 2.39. The van der Waals surface area contributed by atoms with Crippen LogP contribution in [-0.2, 0) is 4.79 Å². The van der Waals surface area contributed by atoms with Gasteiger partial charge in [0.1, 0.15) is 0 Å². The summed E-state index contributed by atoms with van der Waals surface area (Å²) in [6.45, 7) is 1.31. The lowest BCUT2D eigenvalue weighted by Gasteiger charge is -2.12. The van der Waals surface area contributed by atoms with E-state index in [1.165, 1.54) is 14.0 Å². The molecule has 98 valence electrons. The average molecular weight is 260 g/mol.